The zero-order valence-corrected chi connectivity index (χ0v) is 17.1. The molecule has 0 spiro atoms. The lowest BCUT2D eigenvalue weighted by atomic mass is 9.96. The molecular weight excluding hydrogens is 384 g/mol. The molecule has 5 aromatic carbocycles. The van der Waals surface area contributed by atoms with Crippen molar-refractivity contribution in [2.75, 3.05) is 12.5 Å². The van der Waals surface area contributed by atoms with E-state index >= 15 is 0 Å². The second kappa shape index (κ2) is 6.50. The van der Waals surface area contributed by atoms with Crippen LogP contribution >= 0.6 is 23.5 Å². The molecule has 0 aromatic heterocycles. The van der Waals surface area contributed by atoms with Crippen LogP contribution in [0.15, 0.2) is 70.5 Å². The second-order valence-electron chi connectivity index (χ2n) is 6.92. The van der Waals surface area contributed by atoms with Crippen molar-refractivity contribution >= 4 is 66.6 Å². The molecule has 0 saturated heterocycles. The van der Waals surface area contributed by atoms with E-state index in [1.165, 1.54) is 0 Å². The van der Waals surface area contributed by atoms with Crippen molar-refractivity contribution in [1.82, 2.24) is 0 Å². The molecule has 0 amide bonds. The molecule has 0 radical (unpaired) electrons. The summed E-state index contributed by atoms with van der Waals surface area (Å²) in [5.41, 5.74) is 0. The summed E-state index contributed by atoms with van der Waals surface area (Å²) in [4.78, 5) is 2.22. The molecule has 4 heteroatoms. The molecule has 5 rings (SSSR count). The highest BCUT2D eigenvalue weighted by Gasteiger charge is 2.13. The second-order valence-corrected chi connectivity index (χ2v) is 8.68. The number of hydrogen-bond donors (Lipinski definition) is 2. The highest BCUT2D eigenvalue weighted by atomic mass is 32.2. The molecule has 0 fully saturated rings. The van der Waals surface area contributed by atoms with Crippen LogP contribution in [0.1, 0.15) is 0 Å². The van der Waals surface area contributed by atoms with Gasteiger partial charge in [-0.15, -0.1) is 23.5 Å². The monoisotopic (exact) mass is 402 g/mol. The zero-order valence-electron chi connectivity index (χ0n) is 15.5. The van der Waals surface area contributed by atoms with Gasteiger partial charge in [-0.3, -0.25) is 0 Å². The lowest BCUT2D eigenvalue weighted by molar-refractivity contribution is 0.487. The van der Waals surface area contributed by atoms with Gasteiger partial charge in [0.15, 0.2) is 0 Å². The Balaban J connectivity index is 1.89. The van der Waals surface area contributed by atoms with Crippen molar-refractivity contribution in [3.8, 4) is 11.5 Å². The molecule has 138 valence electrons. The largest absolute Gasteiger partial charge is 0.507 e. The minimum atomic E-state index is 0.266. The number of aromatic hydroxyl groups is 2. The topological polar surface area (TPSA) is 40.5 Å². The summed E-state index contributed by atoms with van der Waals surface area (Å²) in [5.74, 6) is 0.533. The maximum absolute atomic E-state index is 11.0. The summed E-state index contributed by atoms with van der Waals surface area (Å²) < 4.78 is 0. The van der Waals surface area contributed by atoms with Crippen LogP contribution in [0.5, 0.6) is 11.5 Å². The predicted octanol–water partition coefficient (Wildman–Crippen LogP) is 7.15. The van der Waals surface area contributed by atoms with Gasteiger partial charge < -0.3 is 10.2 Å². The first kappa shape index (κ1) is 17.5. The van der Waals surface area contributed by atoms with E-state index in [4.69, 9.17) is 0 Å². The zero-order chi connectivity index (χ0) is 19.4. The molecular formula is C24H18O2S2. The molecule has 0 unspecified atom stereocenters. The lowest BCUT2D eigenvalue weighted by Crippen LogP contribution is -1.84. The molecule has 5 aromatic rings. The van der Waals surface area contributed by atoms with Crippen LogP contribution in [0.2, 0.25) is 0 Å². The van der Waals surface area contributed by atoms with Crippen LogP contribution in [0.25, 0.3) is 43.1 Å². The van der Waals surface area contributed by atoms with Gasteiger partial charge in [0.05, 0.1) is 0 Å². The molecule has 0 saturated carbocycles. The fourth-order valence-corrected chi connectivity index (χ4v) is 4.77. The first-order valence-electron chi connectivity index (χ1n) is 8.96. The number of hydrogen-bond acceptors (Lipinski definition) is 4. The Hall–Kier alpha value is -2.56. The van der Waals surface area contributed by atoms with E-state index in [-0.39, 0.29) is 11.5 Å². The summed E-state index contributed by atoms with van der Waals surface area (Å²) >= 11 is 3.31. The van der Waals surface area contributed by atoms with Gasteiger partial charge in [0, 0.05) is 31.3 Å². The van der Waals surface area contributed by atoms with Gasteiger partial charge in [0.25, 0.3) is 0 Å². The van der Waals surface area contributed by atoms with Crippen molar-refractivity contribution in [3.05, 3.63) is 60.7 Å². The third kappa shape index (κ3) is 2.60. The van der Waals surface area contributed by atoms with E-state index in [9.17, 15) is 10.2 Å². The Morgan fingerprint density at radius 2 is 0.893 bits per heavy atom. The van der Waals surface area contributed by atoms with Gasteiger partial charge in [-0.2, -0.15) is 0 Å². The lowest BCUT2D eigenvalue weighted by Gasteiger charge is -2.12. The Bertz CT molecular complexity index is 1300. The Labute approximate surface area is 171 Å². The summed E-state index contributed by atoms with van der Waals surface area (Å²) in [6, 6.07) is 20.4. The van der Waals surface area contributed by atoms with Crippen molar-refractivity contribution in [1.29, 1.82) is 0 Å². The van der Waals surface area contributed by atoms with E-state index in [0.717, 1.165) is 52.9 Å². The smallest absolute Gasteiger partial charge is 0.131 e. The van der Waals surface area contributed by atoms with Crippen molar-refractivity contribution < 1.29 is 10.2 Å². The highest BCUT2D eigenvalue weighted by molar-refractivity contribution is 7.98. The van der Waals surface area contributed by atoms with Crippen LogP contribution in [0.3, 0.4) is 0 Å². The molecule has 0 bridgehead atoms. The van der Waals surface area contributed by atoms with Crippen molar-refractivity contribution in [2.24, 2.45) is 0 Å². The van der Waals surface area contributed by atoms with Crippen LogP contribution in [0, 0.1) is 0 Å². The number of thioether (sulfide) groups is 2. The van der Waals surface area contributed by atoms with Gasteiger partial charge in [0.2, 0.25) is 0 Å². The molecule has 2 N–H and O–H groups in total. The molecule has 0 aliphatic rings. The Kier molecular flexibility index (Phi) is 4.07. The number of phenolic OH excluding ortho intramolecular Hbond substituents is 2. The molecule has 0 heterocycles. The maximum atomic E-state index is 11.0. The highest BCUT2D eigenvalue weighted by Crippen LogP contribution is 2.42. The summed E-state index contributed by atoms with van der Waals surface area (Å²) in [6.45, 7) is 0. The molecule has 0 atom stereocenters. The normalized spacial score (nSPS) is 11.8. The maximum Gasteiger partial charge on any atom is 0.131 e. The van der Waals surface area contributed by atoms with Crippen LogP contribution in [-0.2, 0) is 0 Å². The minimum absolute atomic E-state index is 0.266. The van der Waals surface area contributed by atoms with E-state index in [1.54, 1.807) is 23.5 Å². The number of benzene rings is 5. The van der Waals surface area contributed by atoms with Crippen LogP contribution in [0.4, 0.5) is 0 Å². The number of fused-ring (bicyclic) bond motifs is 4. The standard InChI is InChI=1S/C24H18O2S2/c1-27-17-5-3-13-7-15-9-16-8-14-4-6-18(28-2)11-20(14)24(26)22(16)12-21(15)23(25)19(13)10-17/h3-12,25-26H,1-2H3. The number of phenols is 2. The SMILES string of the molecule is CSc1ccc2cc3cc4cc5ccc(SC)cc5c(O)c4cc3c(O)c2c1. The van der Waals surface area contributed by atoms with E-state index < -0.39 is 0 Å². The summed E-state index contributed by atoms with van der Waals surface area (Å²) in [6.07, 6.45) is 4.05. The molecule has 0 aliphatic heterocycles. The van der Waals surface area contributed by atoms with E-state index in [0.29, 0.717) is 0 Å². The fraction of sp³-hybridized carbons (Fsp3) is 0.0833. The van der Waals surface area contributed by atoms with Gasteiger partial charge in [0.1, 0.15) is 11.5 Å². The third-order valence-electron chi connectivity index (χ3n) is 5.39. The number of rotatable bonds is 2. The van der Waals surface area contributed by atoms with Crippen LogP contribution < -0.4 is 0 Å². The first-order chi connectivity index (χ1) is 13.6. The van der Waals surface area contributed by atoms with E-state index in [2.05, 4.69) is 24.3 Å². The fourth-order valence-electron chi connectivity index (χ4n) is 3.89. The van der Waals surface area contributed by atoms with Crippen molar-refractivity contribution in [2.45, 2.75) is 9.79 Å². The van der Waals surface area contributed by atoms with Gasteiger partial charge in [-0.25, -0.2) is 0 Å². The summed E-state index contributed by atoms with van der Waals surface area (Å²) in [7, 11) is 0. The third-order valence-corrected chi connectivity index (χ3v) is 6.84. The summed E-state index contributed by atoms with van der Waals surface area (Å²) in [5, 5.41) is 29.1. The van der Waals surface area contributed by atoms with Gasteiger partial charge >= 0.3 is 0 Å². The average Bonchev–Trinajstić information content (AvgIpc) is 2.73. The first-order valence-corrected chi connectivity index (χ1v) is 11.4. The average molecular weight is 403 g/mol. The Morgan fingerprint density at radius 3 is 1.32 bits per heavy atom. The van der Waals surface area contributed by atoms with Gasteiger partial charge in [-0.1, -0.05) is 12.1 Å². The Morgan fingerprint density at radius 1 is 0.500 bits per heavy atom. The quantitative estimate of drug-likeness (QED) is 0.243. The molecule has 28 heavy (non-hydrogen) atoms. The molecule has 0 aliphatic carbocycles. The minimum Gasteiger partial charge on any atom is -0.507 e. The van der Waals surface area contributed by atoms with Gasteiger partial charge in [-0.05, 0) is 82.6 Å². The molecule has 2 nitrogen and oxygen atoms in total. The van der Waals surface area contributed by atoms with Crippen molar-refractivity contribution in [3.63, 3.8) is 0 Å². The van der Waals surface area contributed by atoms with E-state index in [1.807, 2.05) is 48.9 Å². The van der Waals surface area contributed by atoms with Crippen LogP contribution in [-0.4, -0.2) is 22.7 Å². The predicted molar refractivity (Wildman–Crippen MR) is 123 cm³/mol.